The van der Waals surface area contributed by atoms with Gasteiger partial charge in [0.15, 0.2) is 5.13 Å². The van der Waals surface area contributed by atoms with Crippen molar-refractivity contribution in [2.45, 2.75) is 64.5 Å². The topological polar surface area (TPSA) is 54.5 Å². The van der Waals surface area contributed by atoms with Gasteiger partial charge in [0.1, 0.15) is 11.8 Å². The maximum Gasteiger partial charge on any atom is 0.243 e. The van der Waals surface area contributed by atoms with Crippen LogP contribution in [0.15, 0.2) is 29.6 Å². The van der Waals surface area contributed by atoms with Crippen molar-refractivity contribution in [3.8, 4) is 5.75 Å². The molecule has 0 bridgehead atoms. The standard InChI is InChI=1S/C21H29N3O2S/c1-6-17(19(25)22-14-7-8-14)24(15-9-11-16(26-5)12-10-15)20-23-18(13-27-20)21(2,3)4/h9-14,17H,6-8H2,1-5H3,(H,22,25)/t17-/m1/s1. The van der Waals surface area contributed by atoms with Gasteiger partial charge in [-0.05, 0) is 43.5 Å². The van der Waals surface area contributed by atoms with E-state index in [-0.39, 0.29) is 17.4 Å². The van der Waals surface area contributed by atoms with Crippen molar-refractivity contribution in [3.63, 3.8) is 0 Å². The van der Waals surface area contributed by atoms with Gasteiger partial charge >= 0.3 is 0 Å². The van der Waals surface area contributed by atoms with Crippen LogP contribution in [0.1, 0.15) is 52.7 Å². The third-order valence-corrected chi connectivity index (χ3v) is 5.58. The third-order valence-electron chi connectivity index (χ3n) is 4.74. The quantitative estimate of drug-likeness (QED) is 0.752. The molecule has 3 rings (SSSR count). The average molecular weight is 388 g/mol. The van der Waals surface area contributed by atoms with Crippen molar-refractivity contribution in [1.29, 1.82) is 0 Å². The van der Waals surface area contributed by atoms with Gasteiger partial charge in [-0.2, -0.15) is 0 Å². The van der Waals surface area contributed by atoms with Crippen LogP contribution in [-0.2, 0) is 10.2 Å². The van der Waals surface area contributed by atoms with Gasteiger partial charge in [-0.15, -0.1) is 11.3 Å². The molecule has 1 aliphatic carbocycles. The summed E-state index contributed by atoms with van der Waals surface area (Å²) in [7, 11) is 1.65. The fraction of sp³-hybridized carbons (Fsp3) is 0.524. The lowest BCUT2D eigenvalue weighted by Crippen LogP contribution is -2.45. The van der Waals surface area contributed by atoms with Crippen molar-refractivity contribution in [2.24, 2.45) is 0 Å². The zero-order chi connectivity index (χ0) is 19.6. The van der Waals surface area contributed by atoms with E-state index in [4.69, 9.17) is 9.72 Å². The minimum atomic E-state index is -0.294. The van der Waals surface area contributed by atoms with E-state index in [1.807, 2.05) is 31.2 Å². The molecule has 0 unspecified atom stereocenters. The van der Waals surface area contributed by atoms with Gasteiger partial charge in [-0.25, -0.2) is 4.98 Å². The molecule has 1 amide bonds. The molecule has 1 aromatic heterocycles. The molecule has 27 heavy (non-hydrogen) atoms. The van der Waals surface area contributed by atoms with Crippen LogP contribution in [0.25, 0.3) is 0 Å². The highest BCUT2D eigenvalue weighted by atomic mass is 32.1. The number of nitrogens with one attached hydrogen (secondary N) is 1. The van der Waals surface area contributed by atoms with Crippen molar-refractivity contribution >= 4 is 28.1 Å². The first-order chi connectivity index (χ1) is 12.8. The van der Waals surface area contributed by atoms with E-state index in [1.165, 1.54) is 0 Å². The average Bonchev–Trinajstić information content (AvgIpc) is 3.30. The largest absolute Gasteiger partial charge is 0.497 e. The van der Waals surface area contributed by atoms with Crippen molar-refractivity contribution < 1.29 is 9.53 Å². The molecule has 1 atom stereocenters. The van der Waals surface area contributed by atoms with Crippen LogP contribution in [0.4, 0.5) is 10.8 Å². The SMILES string of the molecule is CC[C@H](C(=O)NC1CC1)N(c1ccc(OC)cc1)c1nc(C(C)(C)C)cs1. The lowest BCUT2D eigenvalue weighted by Gasteiger charge is -2.30. The summed E-state index contributed by atoms with van der Waals surface area (Å²) < 4.78 is 5.29. The Balaban J connectivity index is 1.98. The molecule has 0 aliphatic heterocycles. The van der Waals surface area contributed by atoms with E-state index in [9.17, 15) is 4.79 Å². The molecule has 1 saturated carbocycles. The maximum absolute atomic E-state index is 12.9. The molecule has 0 radical (unpaired) electrons. The molecule has 1 aliphatic rings. The number of carbonyl (C=O) groups is 1. The molecule has 1 fully saturated rings. The van der Waals surface area contributed by atoms with Crippen LogP contribution in [-0.4, -0.2) is 30.1 Å². The molecule has 6 heteroatoms. The van der Waals surface area contributed by atoms with Crippen molar-refractivity contribution in [3.05, 3.63) is 35.3 Å². The third kappa shape index (κ3) is 4.61. The lowest BCUT2D eigenvalue weighted by molar-refractivity contribution is -0.122. The predicted octanol–water partition coefficient (Wildman–Crippen LogP) is 4.64. The Bertz CT molecular complexity index is 775. The van der Waals surface area contributed by atoms with E-state index in [0.29, 0.717) is 12.5 Å². The molecular formula is C21H29N3O2S. The first-order valence-corrected chi connectivity index (χ1v) is 10.4. The van der Waals surface area contributed by atoms with Gasteiger partial charge in [0, 0.05) is 22.5 Å². The highest BCUT2D eigenvalue weighted by Gasteiger charge is 2.33. The molecule has 146 valence electrons. The van der Waals surface area contributed by atoms with Gasteiger partial charge < -0.3 is 15.0 Å². The van der Waals surface area contributed by atoms with Crippen LogP contribution >= 0.6 is 11.3 Å². The molecule has 2 aromatic rings. The summed E-state index contributed by atoms with van der Waals surface area (Å²) in [6.07, 6.45) is 2.86. The number of hydrogen-bond donors (Lipinski definition) is 1. The second-order valence-corrected chi connectivity index (χ2v) is 8.88. The monoisotopic (exact) mass is 387 g/mol. The summed E-state index contributed by atoms with van der Waals surface area (Å²) in [4.78, 5) is 19.9. The number of thiazole rings is 1. The summed E-state index contributed by atoms with van der Waals surface area (Å²) in [5.41, 5.74) is 1.96. The Kier molecular flexibility index (Phi) is 5.75. The summed E-state index contributed by atoms with van der Waals surface area (Å²) in [5, 5.41) is 6.10. The van der Waals surface area contributed by atoms with Crippen LogP contribution in [0.3, 0.4) is 0 Å². The van der Waals surface area contributed by atoms with Crippen LogP contribution < -0.4 is 15.0 Å². The number of methoxy groups -OCH3 is 1. The predicted molar refractivity (Wildman–Crippen MR) is 111 cm³/mol. The van der Waals surface area contributed by atoms with Gasteiger partial charge in [0.25, 0.3) is 0 Å². The Hall–Kier alpha value is -2.08. The van der Waals surface area contributed by atoms with Gasteiger partial charge in [0.2, 0.25) is 5.91 Å². The van der Waals surface area contributed by atoms with Gasteiger partial charge in [-0.1, -0.05) is 27.7 Å². The number of ether oxygens (including phenoxy) is 1. The fourth-order valence-corrected chi connectivity index (χ4v) is 4.02. The van der Waals surface area contributed by atoms with Gasteiger partial charge in [-0.3, -0.25) is 4.79 Å². The lowest BCUT2D eigenvalue weighted by atomic mass is 9.93. The Morgan fingerprint density at radius 3 is 2.48 bits per heavy atom. The second kappa shape index (κ2) is 7.89. The zero-order valence-corrected chi connectivity index (χ0v) is 17.6. The number of amides is 1. The number of benzene rings is 1. The number of hydrogen-bond acceptors (Lipinski definition) is 5. The minimum Gasteiger partial charge on any atom is -0.497 e. The summed E-state index contributed by atoms with van der Waals surface area (Å²) in [6, 6.07) is 7.87. The molecule has 1 heterocycles. The maximum atomic E-state index is 12.9. The summed E-state index contributed by atoms with van der Waals surface area (Å²) in [5.74, 6) is 0.868. The Labute approximate surface area is 165 Å². The minimum absolute atomic E-state index is 0.0295. The van der Waals surface area contributed by atoms with Crippen LogP contribution in [0.2, 0.25) is 0 Å². The molecule has 1 N–H and O–H groups in total. The fourth-order valence-electron chi connectivity index (χ4n) is 2.90. The number of carbonyl (C=O) groups excluding carboxylic acids is 1. The van der Waals surface area contributed by atoms with Crippen LogP contribution in [0, 0.1) is 0 Å². The first kappa shape index (κ1) is 19.7. The summed E-state index contributed by atoms with van der Waals surface area (Å²) >= 11 is 1.59. The second-order valence-electron chi connectivity index (χ2n) is 8.04. The first-order valence-electron chi connectivity index (χ1n) is 9.53. The van der Waals surface area contributed by atoms with Crippen molar-refractivity contribution in [2.75, 3.05) is 12.0 Å². The number of rotatable bonds is 7. The molecule has 0 spiro atoms. The molecular weight excluding hydrogens is 358 g/mol. The summed E-state index contributed by atoms with van der Waals surface area (Å²) in [6.45, 7) is 8.51. The Morgan fingerprint density at radius 2 is 2.00 bits per heavy atom. The number of anilines is 2. The molecule has 5 nitrogen and oxygen atoms in total. The zero-order valence-electron chi connectivity index (χ0n) is 16.8. The van der Waals surface area contributed by atoms with E-state index in [1.54, 1.807) is 18.4 Å². The highest BCUT2D eigenvalue weighted by molar-refractivity contribution is 7.13. The normalized spacial score (nSPS) is 15.3. The van der Waals surface area contributed by atoms with Gasteiger partial charge in [0.05, 0.1) is 12.8 Å². The highest BCUT2D eigenvalue weighted by Crippen LogP contribution is 2.36. The number of nitrogens with zero attached hydrogens (tertiary/aromatic N) is 2. The molecule has 0 saturated heterocycles. The van der Waals surface area contributed by atoms with E-state index in [2.05, 4.69) is 36.4 Å². The van der Waals surface area contributed by atoms with Crippen LogP contribution in [0.5, 0.6) is 5.75 Å². The van der Waals surface area contributed by atoms with E-state index in [0.717, 1.165) is 35.1 Å². The van der Waals surface area contributed by atoms with Crippen molar-refractivity contribution in [1.82, 2.24) is 10.3 Å². The molecule has 1 aromatic carbocycles. The van der Waals surface area contributed by atoms with E-state index < -0.39 is 0 Å². The number of aromatic nitrogens is 1. The smallest absolute Gasteiger partial charge is 0.243 e. The van der Waals surface area contributed by atoms with E-state index >= 15 is 0 Å². The Morgan fingerprint density at radius 1 is 1.33 bits per heavy atom.